The van der Waals surface area contributed by atoms with E-state index in [0.717, 1.165) is 27.7 Å². The zero-order valence-corrected chi connectivity index (χ0v) is 13.9. The molecule has 0 aromatic carbocycles. The molecule has 0 aliphatic rings. The lowest BCUT2D eigenvalue weighted by Gasteiger charge is -2.04. The number of thiazole rings is 2. The van der Waals surface area contributed by atoms with Crippen LogP contribution in [0.1, 0.15) is 11.4 Å². The van der Waals surface area contributed by atoms with E-state index in [0.29, 0.717) is 5.69 Å². The summed E-state index contributed by atoms with van der Waals surface area (Å²) in [6.45, 7) is 1.79. The minimum atomic E-state index is -0.457. The summed E-state index contributed by atoms with van der Waals surface area (Å²) in [5.41, 5.74) is 2.21. The van der Waals surface area contributed by atoms with Crippen molar-refractivity contribution in [2.45, 2.75) is 20.1 Å². The highest BCUT2D eigenvalue weighted by atomic mass is 32.1. The van der Waals surface area contributed by atoms with E-state index in [1.165, 1.54) is 15.9 Å². The zero-order chi connectivity index (χ0) is 16.2. The summed E-state index contributed by atoms with van der Waals surface area (Å²) >= 11 is 2.52. The van der Waals surface area contributed by atoms with Gasteiger partial charge in [0.05, 0.1) is 11.4 Å². The molecule has 0 amide bonds. The van der Waals surface area contributed by atoms with Crippen molar-refractivity contribution >= 4 is 28.6 Å². The van der Waals surface area contributed by atoms with Crippen molar-refractivity contribution in [1.82, 2.24) is 14.5 Å². The molecule has 0 spiro atoms. The molecule has 0 bridgehead atoms. The van der Waals surface area contributed by atoms with Crippen LogP contribution in [0, 0.1) is 6.92 Å². The van der Waals surface area contributed by atoms with Crippen LogP contribution < -0.4 is 4.87 Å². The Morgan fingerprint density at radius 2 is 2.17 bits per heavy atom. The van der Waals surface area contributed by atoms with E-state index in [1.807, 2.05) is 23.6 Å². The molecule has 3 aromatic heterocycles. The van der Waals surface area contributed by atoms with Crippen molar-refractivity contribution in [3.05, 3.63) is 56.2 Å². The lowest BCUT2D eigenvalue weighted by atomic mass is 10.4. The number of aryl methyl sites for hydroxylation is 1. The molecule has 3 rings (SSSR count). The summed E-state index contributed by atoms with van der Waals surface area (Å²) in [5.74, 6) is -0.457. The Morgan fingerprint density at radius 1 is 1.30 bits per heavy atom. The Balaban J connectivity index is 1.60. The number of ether oxygens (including phenoxy) is 1. The molecule has 0 aliphatic carbocycles. The molecule has 3 aromatic rings. The van der Waals surface area contributed by atoms with Crippen LogP contribution in [-0.4, -0.2) is 20.5 Å². The fourth-order valence-corrected chi connectivity index (χ4v) is 3.42. The molecule has 0 atom stereocenters. The Morgan fingerprint density at radius 3 is 2.87 bits per heavy atom. The standard InChI is InChI=1S/C15H13N3O3S2/c1-10-8-23-15(20)18(10)6-13(19)21-7-11-9-22-14(17-11)12-4-2-3-5-16-12/h2-5,8-9H,6-7H2,1H3. The number of carbonyl (C=O) groups is 1. The van der Waals surface area contributed by atoms with Gasteiger partial charge in [0.25, 0.3) is 0 Å². The van der Waals surface area contributed by atoms with E-state index in [2.05, 4.69) is 9.97 Å². The fourth-order valence-electron chi connectivity index (χ4n) is 1.91. The number of pyridine rings is 1. The summed E-state index contributed by atoms with van der Waals surface area (Å²) in [5, 5.41) is 4.33. The number of aromatic nitrogens is 3. The van der Waals surface area contributed by atoms with Crippen LogP contribution in [0.5, 0.6) is 0 Å². The highest BCUT2D eigenvalue weighted by Crippen LogP contribution is 2.21. The van der Waals surface area contributed by atoms with Gasteiger partial charge in [-0.2, -0.15) is 0 Å². The van der Waals surface area contributed by atoms with Gasteiger partial charge in [-0.05, 0) is 19.1 Å². The first-order valence-corrected chi connectivity index (χ1v) is 8.56. The normalized spacial score (nSPS) is 10.7. The summed E-state index contributed by atoms with van der Waals surface area (Å²) < 4.78 is 6.59. The van der Waals surface area contributed by atoms with Gasteiger partial charge in [-0.3, -0.25) is 19.1 Å². The van der Waals surface area contributed by atoms with E-state index in [1.54, 1.807) is 18.5 Å². The third kappa shape index (κ3) is 3.72. The SMILES string of the molecule is Cc1csc(=O)n1CC(=O)OCc1csc(-c2ccccn2)n1. The molecule has 6 nitrogen and oxygen atoms in total. The van der Waals surface area contributed by atoms with Crippen LogP contribution in [0.25, 0.3) is 10.7 Å². The average Bonchev–Trinajstić information content (AvgIpc) is 3.16. The second kappa shape index (κ2) is 6.84. The molecule has 23 heavy (non-hydrogen) atoms. The number of rotatable bonds is 5. The van der Waals surface area contributed by atoms with Gasteiger partial charge in [0.15, 0.2) is 0 Å². The van der Waals surface area contributed by atoms with Crippen molar-refractivity contribution in [2.75, 3.05) is 0 Å². The van der Waals surface area contributed by atoms with Crippen LogP contribution >= 0.6 is 22.7 Å². The van der Waals surface area contributed by atoms with E-state index >= 15 is 0 Å². The Labute approximate surface area is 140 Å². The molecule has 0 saturated carbocycles. The number of nitrogens with zero attached hydrogens (tertiary/aromatic N) is 3. The molecular formula is C15H13N3O3S2. The maximum absolute atomic E-state index is 11.9. The topological polar surface area (TPSA) is 74.1 Å². The van der Waals surface area contributed by atoms with Crippen molar-refractivity contribution in [2.24, 2.45) is 0 Å². The Hall–Kier alpha value is -2.32. The summed E-state index contributed by atoms with van der Waals surface area (Å²) in [6.07, 6.45) is 1.71. The molecule has 0 fully saturated rings. The molecule has 0 unspecified atom stereocenters. The predicted molar refractivity (Wildman–Crippen MR) is 88.5 cm³/mol. The monoisotopic (exact) mass is 347 g/mol. The first-order chi connectivity index (χ1) is 11.1. The second-order valence-corrected chi connectivity index (χ2v) is 6.43. The third-order valence-electron chi connectivity index (χ3n) is 3.08. The van der Waals surface area contributed by atoms with E-state index in [-0.39, 0.29) is 18.0 Å². The Kier molecular flexibility index (Phi) is 4.63. The van der Waals surface area contributed by atoms with E-state index in [9.17, 15) is 9.59 Å². The number of hydrogen-bond donors (Lipinski definition) is 0. The van der Waals surface area contributed by atoms with Gasteiger partial charge >= 0.3 is 10.8 Å². The highest BCUT2D eigenvalue weighted by molar-refractivity contribution is 7.13. The average molecular weight is 347 g/mol. The summed E-state index contributed by atoms with van der Waals surface area (Å²) in [7, 11) is 0. The number of carbonyl (C=O) groups excluding carboxylic acids is 1. The third-order valence-corrected chi connectivity index (χ3v) is 4.88. The maximum atomic E-state index is 11.9. The quantitative estimate of drug-likeness (QED) is 0.663. The van der Waals surface area contributed by atoms with E-state index < -0.39 is 5.97 Å². The molecule has 0 aliphatic heterocycles. The van der Waals surface area contributed by atoms with Gasteiger partial charge in [0, 0.05) is 22.7 Å². The van der Waals surface area contributed by atoms with Crippen LogP contribution in [0.2, 0.25) is 0 Å². The van der Waals surface area contributed by atoms with Crippen molar-refractivity contribution in [1.29, 1.82) is 0 Å². The summed E-state index contributed by atoms with van der Waals surface area (Å²) in [6, 6.07) is 5.61. The Bertz CT molecular complexity index is 867. The summed E-state index contributed by atoms with van der Waals surface area (Å²) in [4.78, 5) is 31.9. The van der Waals surface area contributed by atoms with Gasteiger partial charge in [0.2, 0.25) is 0 Å². The molecule has 8 heteroatoms. The van der Waals surface area contributed by atoms with Crippen molar-refractivity contribution < 1.29 is 9.53 Å². The first kappa shape index (κ1) is 15.6. The minimum absolute atomic E-state index is 0.0780. The van der Waals surface area contributed by atoms with E-state index in [4.69, 9.17) is 4.74 Å². The van der Waals surface area contributed by atoms with Gasteiger partial charge < -0.3 is 4.74 Å². The van der Waals surface area contributed by atoms with Crippen LogP contribution in [-0.2, 0) is 22.7 Å². The van der Waals surface area contributed by atoms with Gasteiger partial charge in [0.1, 0.15) is 18.2 Å². The van der Waals surface area contributed by atoms with Crippen molar-refractivity contribution in [3.8, 4) is 10.7 Å². The molecule has 0 radical (unpaired) electrons. The van der Waals surface area contributed by atoms with Gasteiger partial charge in [-0.25, -0.2) is 4.98 Å². The van der Waals surface area contributed by atoms with Crippen LogP contribution in [0.4, 0.5) is 0 Å². The van der Waals surface area contributed by atoms with Crippen LogP contribution in [0.3, 0.4) is 0 Å². The molecule has 3 heterocycles. The zero-order valence-electron chi connectivity index (χ0n) is 12.3. The maximum Gasteiger partial charge on any atom is 0.326 e. The lowest BCUT2D eigenvalue weighted by Crippen LogP contribution is -2.22. The van der Waals surface area contributed by atoms with Gasteiger partial charge in [-0.1, -0.05) is 17.4 Å². The second-order valence-electron chi connectivity index (χ2n) is 4.75. The van der Waals surface area contributed by atoms with Crippen LogP contribution in [0.15, 0.2) is 40.0 Å². The largest absolute Gasteiger partial charge is 0.458 e. The fraction of sp³-hybridized carbons (Fsp3) is 0.200. The molecular weight excluding hydrogens is 334 g/mol. The molecule has 0 saturated heterocycles. The lowest BCUT2D eigenvalue weighted by molar-refractivity contribution is -0.145. The molecule has 0 N–H and O–H groups in total. The highest BCUT2D eigenvalue weighted by Gasteiger charge is 2.11. The van der Waals surface area contributed by atoms with Gasteiger partial charge in [-0.15, -0.1) is 11.3 Å². The first-order valence-electron chi connectivity index (χ1n) is 6.80. The minimum Gasteiger partial charge on any atom is -0.458 e. The predicted octanol–water partition coefficient (Wildman–Crippen LogP) is 2.48. The smallest absolute Gasteiger partial charge is 0.326 e. The number of esters is 1. The number of hydrogen-bond acceptors (Lipinski definition) is 7. The molecule has 118 valence electrons. The van der Waals surface area contributed by atoms with Crippen molar-refractivity contribution in [3.63, 3.8) is 0 Å².